The Hall–Kier alpha value is -1.46. The van der Waals surface area contributed by atoms with E-state index in [-0.39, 0.29) is 11.9 Å². The second-order valence-electron chi connectivity index (χ2n) is 1.44. The van der Waals surface area contributed by atoms with Gasteiger partial charge in [0.15, 0.2) is 6.67 Å². The summed E-state index contributed by atoms with van der Waals surface area (Å²) < 4.78 is 0. The molecule has 6 heteroatoms. The van der Waals surface area contributed by atoms with Gasteiger partial charge in [0.1, 0.15) is 0 Å². The highest BCUT2D eigenvalue weighted by atomic mass is 15.1. The smallest absolute Gasteiger partial charge is 0.291 e. The Bertz CT molecular complexity index is 111. The van der Waals surface area contributed by atoms with E-state index in [1.54, 1.807) is 0 Å². The Kier molecular flexibility index (Phi) is 2.96. The molecule has 0 aliphatic heterocycles. The van der Waals surface area contributed by atoms with E-state index in [0.717, 1.165) is 0 Å². The Labute approximate surface area is 52.6 Å². The molecule has 0 rings (SSSR count). The highest BCUT2D eigenvalue weighted by molar-refractivity contribution is 5.69. The molecule has 0 bridgehead atoms. The van der Waals surface area contributed by atoms with Crippen molar-refractivity contribution < 1.29 is 9.98 Å². The first kappa shape index (κ1) is 7.54. The Morgan fingerprint density at radius 1 is 0.889 bits per heavy atom. The number of rotatable bonds is 2. The summed E-state index contributed by atoms with van der Waals surface area (Å²) in [5, 5.41) is 0. The third-order valence-electron chi connectivity index (χ3n) is 0.585. The maximum absolute atomic E-state index is 5.03. The van der Waals surface area contributed by atoms with E-state index in [2.05, 4.69) is 9.98 Å². The van der Waals surface area contributed by atoms with E-state index in [0.29, 0.717) is 6.67 Å². The molecule has 0 aliphatic rings. The number of hydrogen-bond acceptors (Lipinski definition) is 0. The van der Waals surface area contributed by atoms with Gasteiger partial charge in [-0.3, -0.25) is 22.9 Å². The summed E-state index contributed by atoms with van der Waals surface area (Å²) in [7, 11) is 0. The molecule has 52 valence electrons. The van der Waals surface area contributed by atoms with Crippen molar-refractivity contribution in [3.8, 4) is 0 Å². The summed E-state index contributed by atoms with van der Waals surface area (Å²) in [6.07, 6.45) is 0. The molecule has 10 N–H and O–H groups in total. The monoisotopic (exact) mass is 132 g/mol. The maximum atomic E-state index is 5.03. The lowest BCUT2D eigenvalue weighted by molar-refractivity contribution is -0.681. The van der Waals surface area contributed by atoms with E-state index >= 15 is 0 Å². The molecule has 0 spiro atoms. The van der Waals surface area contributed by atoms with Crippen molar-refractivity contribution in [2.75, 3.05) is 6.67 Å². The molecular weight excluding hydrogens is 120 g/mol. The van der Waals surface area contributed by atoms with Crippen molar-refractivity contribution in [1.29, 1.82) is 0 Å². The van der Waals surface area contributed by atoms with Crippen LogP contribution >= 0.6 is 0 Å². The van der Waals surface area contributed by atoms with Gasteiger partial charge < -0.3 is 0 Å². The van der Waals surface area contributed by atoms with Crippen LogP contribution in [0.5, 0.6) is 0 Å². The van der Waals surface area contributed by atoms with Crippen molar-refractivity contribution in [1.82, 2.24) is 0 Å². The average Bonchev–Trinajstić information content (AvgIpc) is 1.63. The van der Waals surface area contributed by atoms with Crippen molar-refractivity contribution in [2.45, 2.75) is 0 Å². The highest BCUT2D eigenvalue weighted by Crippen LogP contribution is 1.05. The van der Waals surface area contributed by atoms with Gasteiger partial charge in [0.25, 0.3) is 0 Å². The van der Waals surface area contributed by atoms with Crippen LogP contribution in [0, 0.1) is 0 Å². The van der Waals surface area contributed by atoms with Crippen LogP contribution in [0.25, 0.3) is 0 Å². The molecule has 0 aromatic rings. The second-order valence-corrected chi connectivity index (χ2v) is 1.44. The minimum atomic E-state index is 0.128. The van der Waals surface area contributed by atoms with Crippen molar-refractivity contribution >= 4 is 11.9 Å². The van der Waals surface area contributed by atoms with Crippen molar-refractivity contribution in [3.63, 3.8) is 0 Å². The Balaban J connectivity index is 3.53. The second kappa shape index (κ2) is 3.53. The van der Waals surface area contributed by atoms with E-state index < -0.39 is 0 Å². The average molecular weight is 132 g/mol. The first-order valence-electron chi connectivity index (χ1n) is 2.36. The number of nitrogens with one attached hydrogen (secondary N) is 2. The van der Waals surface area contributed by atoms with Gasteiger partial charge >= 0.3 is 11.9 Å². The largest absolute Gasteiger partial charge is 0.341 e. The molecule has 0 heterocycles. The quantitative estimate of drug-likeness (QED) is 0.127. The summed E-state index contributed by atoms with van der Waals surface area (Å²) in [5.41, 5.74) is 20.1. The van der Waals surface area contributed by atoms with Crippen LogP contribution in [0.3, 0.4) is 0 Å². The lowest BCUT2D eigenvalue weighted by Gasteiger charge is -1.82. The zero-order valence-corrected chi connectivity index (χ0v) is 5.02. The zero-order chi connectivity index (χ0) is 7.28. The van der Waals surface area contributed by atoms with Gasteiger partial charge in [-0.2, -0.15) is 0 Å². The standard InChI is InChI=1S/C3H10N6/c4-2(5)8-1-9-3(6)7/h1H2,(H4,4,5,8)(H4,6,7,9)/p+2. The normalized spacial score (nSPS) is 8.00. The molecule has 0 radical (unpaired) electrons. The summed E-state index contributed by atoms with van der Waals surface area (Å²) in [6, 6.07) is 0. The molecule has 0 atom stereocenters. The lowest BCUT2D eigenvalue weighted by atomic mass is 10.9. The third kappa shape index (κ3) is 6.54. The predicted molar refractivity (Wildman–Crippen MR) is 33.6 cm³/mol. The Morgan fingerprint density at radius 3 is 1.44 bits per heavy atom. The molecular formula is C3H12N6+2. The molecule has 9 heavy (non-hydrogen) atoms. The molecule has 0 saturated heterocycles. The van der Waals surface area contributed by atoms with Crippen LogP contribution in [-0.2, 0) is 0 Å². The summed E-state index contributed by atoms with van der Waals surface area (Å²) in [5.74, 6) is 0.257. The first-order chi connectivity index (χ1) is 4.13. The summed E-state index contributed by atoms with van der Waals surface area (Å²) in [4.78, 5) is 5.11. The molecule has 0 aromatic carbocycles. The van der Waals surface area contributed by atoms with Gasteiger partial charge in [-0.05, 0) is 0 Å². The fourth-order valence-corrected chi connectivity index (χ4v) is 0.248. The van der Waals surface area contributed by atoms with Gasteiger partial charge in [0.2, 0.25) is 0 Å². The van der Waals surface area contributed by atoms with Gasteiger partial charge in [0.05, 0.1) is 0 Å². The minimum absolute atomic E-state index is 0.128. The molecule has 0 amide bonds. The molecule has 0 aromatic heterocycles. The van der Waals surface area contributed by atoms with Crippen LogP contribution < -0.4 is 32.9 Å². The topological polar surface area (TPSA) is 132 Å². The van der Waals surface area contributed by atoms with Crippen LogP contribution in [0.15, 0.2) is 0 Å². The summed E-state index contributed by atoms with van der Waals surface area (Å²) in [6.45, 7) is 0.338. The SMILES string of the molecule is NC(N)=[NH+]C[NH+]=C(N)N. The van der Waals surface area contributed by atoms with Crippen LogP contribution in [-0.4, -0.2) is 18.6 Å². The van der Waals surface area contributed by atoms with E-state index in [1.165, 1.54) is 0 Å². The Morgan fingerprint density at radius 2 is 1.22 bits per heavy atom. The van der Waals surface area contributed by atoms with E-state index in [9.17, 15) is 0 Å². The third-order valence-corrected chi connectivity index (χ3v) is 0.585. The molecule has 0 aliphatic carbocycles. The number of guanidine groups is 2. The van der Waals surface area contributed by atoms with Gasteiger partial charge in [-0.15, -0.1) is 0 Å². The molecule has 0 fully saturated rings. The number of nitrogens with two attached hydrogens (primary N) is 4. The van der Waals surface area contributed by atoms with Gasteiger partial charge in [-0.25, -0.2) is 9.98 Å². The molecule has 0 unspecified atom stereocenters. The van der Waals surface area contributed by atoms with Crippen molar-refractivity contribution in [2.24, 2.45) is 22.9 Å². The van der Waals surface area contributed by atoms with Gasteiger partial charge in [-0.1, -0.05) is 0 Å². The van der Waals surface area contributed by atoms with Gasteiger partial charge in [0, 0.05) is 0 Å². The highest BCUT2D eigenvalue weighted by Gasteiger charge is 1.85. The fourth-order valence-electron chi connectivity index (χ4n) is 0.248. The minimum Gasteiger partial charge on any atom is -0.291 e. The van der Waals surface area contributed by atoms with Crippen LogP contribution in [0.4, 0.5) is 0 Å². The molecule has 6 nitrogen and oxygen atoms in total. The van der Waals surface area contributed by atoms with Crippen LogP contribution in [0.1, 0.15) is 0 Å². The maximum Gasteiger partial charge on any atom is 0.341 e. The summed E-state index contributed by atoms with van der Waals surface area (Å²) >= 11 is 0. The lowest BCUT2D eigenvalue weighted by Crippen LogP contribution is -2.97. The molecule has 0 saturated carbocycles. The van der Waals surface area contributed by atoms with Crippen LogP contribution in [0.2, 0.25) is 0 Å². The van der Waals surface area contributed by atoms with Crippen molar-refractivity contribution in [3.05, 3.63) is 0 Å². The van der Waals surface area contributed by atoms with E-state index in [1.807, 2.05) is 0 Å². The first-order valence-corrected chi connectivity index (χ1v) is 2.36. The van der Waals surface area contributed by atoms with E-state index in [4.69, 9.17) is 22.9 Å². The predicted octanol–water partition coefficient (Wildman–Crippen LogP) is -6.35. The zero-order valence-electron chi connectivity index (χ0n) is 5.02. The fraction of sp³-hybridized carbons (Fsp3) is 0.333. The number of hydrogen-bond donors (Lipinski definition) is 6.